The summed E-state index contributed by atoms with van der Waals surface area (Å²) in [6.07, 6.45) is 6.90. The summed E-state index contributed by atoms with van der Waals surface area (Å²) in [5, 5.41) is 10.5. The predicted octanol–water partition coefficient (Wildman–Crippen LogP) is 0.0277. The number of rotatable bonds is 4. The zero-order chi connectivity index (χ0) is 19.4. The van der Waals surface area contributed by atoms with Crippen LogP contribution in [-0.4, -0.2) is 57.0 Å². The summed E-state index contributed by atoms with van der Waals surface area (Å²) in [7, 11) is 1.73. The minimum Gasteiger partial charge on any atom is -0.317 e. The number of amides is 3. The fourth-order valence-electron chi connectivity index (χ4n) is 5.19. The monoisotopic (exact) mass is 384 g/mol. The number of allylic oxidation sites excluding steroid dienone is 2. The molecular weight excluding hydrogens is 360 g/mol. The molecule has 0 spiro atoms. The molecule has 2 bridgehead atoms. The lowest BCUT2D eigenvalue weighted by Gasteiger charge is -2.19. The molecule has 1 aromatic heterocycles. The summed E-state index contributed by atoms with van der Waals surface area (Å²) in [6.45, 7) is 1.60. The maximum atomic E-state index is 12.7. The number of nitrogens with zero attached hydrogens (tertiary/aromatic N) is 4. The number of imide groups is 1. The van der Waals surface area contributed by atoms with Crippen molar-refractivity contribution in [1.29, 1.82) is 0 Å². The average molecular weight is 384 g/mol. The van der Waals surface area contributed by atoms with Gasteiger partial charge in [0.2, 0.25) is 23.7 Å². The standard InChI is InChI=1S/C19H24N6O3/c1-24-19(22-16(23-24)10-4-6-20-7-5-10)21-13(26)9-25-17(27)14-11-2-3-12(8-11)15(14)18(25)28/h2-3,10-12,14-15,20H,4-9H2,1H3,(H,21,22,23,26). The van der Waals surface area contributed by atoms with E-state index in [1.807, 2.05) is 12.2 Å². The number of hydrogen-bond donors (Lipinski definition) is 2. The van der Waals surface area contributed by atoms with E-state index in [0.717, 1.165) is 43.1 Å². The van der Waals surface area contributed by atoms with E-state index < -0.39 is 5.91 Å². The molecule has 4 unspecified atom stereocenters. The Kier molecular flexibility index (Phi) is 4.08. The number of fused-ring (bicyclic) bond motifs is 5. The first-order valence-electron chi connectivity index (χ1n) is 9.98. The molecule has 0 radical (unpaired) electrons. The topological polar surface area (TPSA) is 109 Å². The fourth-order valence-corrected chi connectivity index (χ4v) is 5.19. The van der Waals surface area contributed by atoms with E-state index in [9.17, 15) is 14.4 Å². The smallest absolute Gasteiger partial charge is 0.246 e. The first kappa shape index (κ1) is 17.5. The minimum absolute atomic E-state index is 0.144. The third-order valence-corrected chi connectivity index (χ3v) is 6.60. The van der Waals surface area contributed by atoms with E-state index in [2.05, 4.69) is 20.7 Å². The molecule has 28 heavy (non-hydrogen) atoms. The molecule has 4 aliphatic rings. The second kappa shape index (κ2) is 6.51. The zero-order valence-corrected chi connectivity index (χ0v) is 15.8. The van der Waals surface area contributed by atoms with Gasteiger partial charge in [0.05, 0.1) is 11.8 Å². The fraction of sp³-hybridized carbons (Fsp3) is 0.632. The number of hydrogen-bond acceptors (Lipinski definition) is 6. The van der Waals surface area contributed by atoms with E-state index in [0.29, 0.717) is 5.95 Å². The molecule has 2 N–H and O–H groups in total. The summed E-state index contributed by atoms with van der Waals surface area (Å²) in [4.78, 5) is 43.5. The molecule has 2 aliphatic heterocycles. The Bertz CT molecular complexity index is 841. The maximum absolute atomic E-state index is 12.7. The van der Waals surface area contributed by atoms with Crippen molar-refractivity contribution < 1.29 is 14.4 Å². The number of anilines is 1. The molecular formula is C19H24N6O3. The summed E-state index contributed by atoms with van der Waals surface area (Å²) >= 11 is 0. The number of aromatic nitrogens is 3. The van der Waals surface area contributed by atoms with Crippen LogP contribution >= 0.6 is 0 Å². The van der Waals surface area contributed by atoms with Gasteiger partial charge in [-0.25, -0.2) is 4.68 Å². The van der Waals surface area contributed by atoms with Crippen molar-refractivity contribution in [1.82, 2.24) is 25.0 Å². The van der Waals surface area contributed by atoms with Gasteiger partial charge in [0.15, 0.2) is 5.82 Å². The van der Waals surface area contributed by atoms with Crippen LogP contribution in [0.3, 0.4) is 0 Å². The van der Waals surface area contributed by atoms with Crippen molar-refractivity contribution in [2.45, 2.75) is 25.2 Å². The van der Waals surface area contributed by atoms with Crippen molar-refractivity contribution in [2.75, 3.05) is 25.0 Å². The normalized spacial score (nSPS) is 31.7. The van der Waals surface area contributed by atoms with Crippen LogP contribution in [-0.2, 0) is 21.4 Å². The van der Waals surface area contributed by atoms with Crippen molar-refractivity contribution in [3.63, 3.8) is 0 Å². The molecule has 2 aliphatic carbocycles. The van der Waals surface area contributed by atoms with E-state index >= 15 is 0 Å². The quantitative estimate of drug-likeness (QED) is 0.560. The number of piperidine rings is 1. The highest BCUT2D eigenvalue weighted by Gasteiger charge is 2.59. The van der Waals surface area contributed by atoms with Crippen molar-refractivity contribution >= 4 is 23.7 Å². The van der Waals surface area contributed by atoms with E-state index in [1.165, 1.54) is 0 Å². The molecule has 0 aromatic carbocycles. The highest BCUT2D eigenvalue weighted by atomic mass is 16.2. The van der Waals surface area contributed by atoms with Gasteiger partial charge in [0.25, 0.3) is 0 Å². The molecule has 4 atom stereocenters. The Hall–Kier alpha value is -2.55. The predicted molar refractivity (Wildman–Crippen MR) is 98.9 cm³/mol. The van der Waals surface area contributed by atoms with Crippen molar-refractivity contribution in [2.24, 2.45) is 30.7 Å². The van der Waals surface area contributed by atoms with Gasteiger partial charge in [-0.1, -0.05) is 12.2 Å². The van der Waals surface area contributed by atoms with Crippen LogP contribution in [0.25, 0.3) is 0 Å². The van der Waals surface area contributed by atoms with Crippen LogP contribution < -0.4 is 10.6 Å². The second-order valence-corrected chi connectivity index (χ2v) is 8.25. The molecule has 5 rings (SSSR count). The molecule has 9 nitrogen and oxygen atoms in total. The summed E-state index contributed by atoms with van der Waals surface area (Å²) in [5.41, 5.74) is 0. The van der Waals surface area contributed by atoms with Crippen LogP contribution in [0.1, 0.15) is 31.0 Å². The van der Waals surface area contributed by atoms with Crippen LogP contribution in [0.4, 0.5) is 5.95 Å². The Morgan fingerprint density at radius 1 is 1.18 bits per heavy atom. The van der Waals surface area contributed by atoms with Crippen molar-refractivity contribution in [3.05, 3.63) is 18.0 Å². The molecule has 148 valence electrons. The lowest BCUT2D eigenvalue weighted by atomic mass is 9.85. The number of carbonyl (C=O) groups excluding carboxylic acids is 3. The highest BCUT2D eigenvalue weighted by Crippen LogP contribution is 2.52. The van der Waals surface area contributed by atoms with E-state index in [4.69, 9.17) is 0 Å². The van der Waals surface area contributed by atoms with Crippen LogP contribution in [0.15, 0.2) is 12.2 Å². The van der Waals surface area contributed by atoms with E-state index in [1.54, 1.807) is 11.7 Å². The zero-order valence-electron chi connectivity index (χ0n) is 15.8. The average Bonchev–Trinajstić information content (AvgIpc) is 3.44. The van der Waals surface area contributed by atoms with Crippen LogP contribution in [0, 0.1) is 23.7 Å². The van der Waals surface area contributed by atoms with Gasteiger partial charge in [-0.05, 0) is 44.2 Å². The van der Waals surface area contributed by atoms with Gasteiger partial charge in [0.1, 0.15) is 6.54 Å². The van der Waals surface area contributed by atoms with E-state index in [-0.39, 0.29) is 47.9 Å². The Morgan fingerprint density at radius 3 is 2.46 bits per heavy atom. The third kappa shape index (κ3) is 2.68. The first-order valence-corrected chi connectivity index (χ1v) is 9.98. The Morgan fingerprint density at radius 2 is 1.82 bits per heavy atom. The number of likely N-dealkylation sites (tertiary alicyclic amines) is 1. The van der Waals surface area contributed by atoms with Gasteiger partial charge in [-0.15, -0.1) is 0 Å². The number of nitrogens with one attached hydrogen (secondary N) is 2. The first-order chi connectivity index (χ1) is 13.5. The largest absolute Gasteiger partial charge is 0.317 e. The van der Waals surface area contributed by atoms with Gasteiger partial charge in [-0.2, -0.15) is 10.1 Å². The number of carbonyl (C=O) groups is 3. The molecule has 3 heterocycles. The SMILES string of the molecule is Cn1nc(C2CCNCC2)nc1NC(=O)CN1C(=O)C2C3C=CC(C3)C2C1=O. The minimum atomic E-state index is -0.422. The van der Waals surface area contributed by atoms with Crippen LogP contribution in [0.2, 0.25) is 0 Å². The summed E-state index contributed by atoms with van der Waals surface area (Å²) < 4.78 is 1.54. The molecule has 2 saturated heterocycles. The summed E-state index contributed by atoms with van der Waals surface area (Å²) in [6, 6.07) is 0. The van der Waals surface area contributed by atoms with Gasteiger partial charge in [-0.3, -0.25) is 24.6 Å². The Labute approximate surface area is 162 Å². The van der Waals surface area contributed by atoms with Crippen molar-refractivity contribution in [3.8, 4) is 0 Å². The van der Waals surface area contributed by atoms with Gasteiger partial charge < -0.3 is 5.32 Å². The lowest BCUT2D eigenvalue weighted by molar-refractivity contribution is -0.143. The summed E-state index contributed by atoms with van der Waals surface area (Å²) in [5.74, 6) is 0.233. The second-order valence-electron chi connectivity index (χ2n) is 8.25. The third-order valence-electron chi connectivity index (χ3n) is 6.60. The molecule has 1 aromatic rings. The molecule has 1 saturated carbocycles. The lowest BCUT2D eigenvalue weighted by Crippen LogP contribution is -2.39. The highest BCUT2D eigenvalue weighted by molar-refractivity contribution is 6.09. The van der Waals surface area contributed by atoms with Crippen LogP contribution in [0.5, 0.6) is 0 Å². The molecule has 3 fully saturated rings. The Balaban J connectivity index is 1.25. The maximum Gasteiger partial charge on any atom is 0.246 e. The molecule has 9 heteroatoms. The molecule has 3 amide bonds. The number of aryl methyl sites for hydroxylation is 1. The van der Waals surface area contributed by atoms with Gasteiger partial charge in [0, 0.05) is 13.0 Å². The van der Waals surface area contributed by atoms with Gasteiger partial charge >= 0.3 is 0 Å².